The Morgan fingerprint density at radius 3 is 2.06 bits per heavy atom. The molecule has 0 unspecified atom stereocenters. The molecule has 4 aliphatic carbocycles. The molecule has 5 aliphatic rings. The number of amides is 3. The van der Waals surface area contributed by atoms with Gasteiger partial charge in [0.1, 0.15) is 0 Å². The van der Waals surface area contributed by atoms with E-state index in [0.29, 0.717) is 32.6 Å². The van der Waals surface area contributed by atoms with Crippen molar-refractivity contribution in [2.75, 3.05) is 32.7 Å². The zero-order valence-corrected chi connectivity index (χ0v) is 18.8. The van der Waals surface area contributed by atoms with Crippen molar-refractivity contribution >= 4 is 17.7 Å². The Bertz CT molecular complexity index is 828. The minimum Gasteiger partial charge on any atom is -0.347 e. The minimum absolute atomic E-state index is 0.0319. The summed E-state index contributed by atoms with van der Waals surface area (Å²) in [5, 5.41) is 2.90. The van der Waals surface area contributed by atoms with Crippen molar-refractivity contribution in [2.45, 2.75) is 51.4 Å². The van der Waals surface area contributed by atoms with Gasteiger partial charge in [0.05, 0.1) is 13.0 Å². The first-order valence-corrected chi connectivity index (χ1v) is 12.2. The number of piperazine rings is 1. The van der Waals surface area contributed by atoms with Gasteiger partial charge in [-0.05, 0) is 73.8 Å². The molecule has 0 spiro atoms. The summed E-state index contributed by atoms with van der Waals surface area (Å²) in [5.41, 5.74) is 0.958. The van der Waals surface area contributed by atoms with Gasteiger partial charge in [-0.25, -0.2) is 0 Å². The van der Waals surface area contributed by atoms with Gasteiger partial charge in [-0.3, -0.25) is 19.4 Å². The number of carbonyl (C=O) groups excluding carboxylic acids is 3. The van der Waals surface area contributed by atoms with Gasteiger partial charge in [0, 0.05) is 44.5 Å². The molecule has 3 amide bonds. The SMILES string of the molecule is O=C(CC12CC3CC(CC(C3)C1)C2)NCC(=O)N1CCN(C(=O)Cc2ccccn2)CC1. The van der Waals surface area contributed by atoms with Crippen LogP contribution in [0.4, 0.5) is 0 Å². The smallest absolute Gasteiger partial charge is 0.242 e. The van der Waals surface area contributed by atoms with E-state index in [9.17, 15) is 14.4 Å². The van der Waals surface area contributed by atoms with Gasteiger partial charge in [0.15, 0.2) is 0 Å². The summed E-state index contributed by atoms with van der Waals surface area (Å²) >= 11 is 0. The number of pyridine rings is 1. The molecule has 6 rings (SSSR count). The van der Waals surface area contributed by atoms with Crippen LogP contribution in [0, 0.1) is 23.2 Å². The molecule has 1 aromatic heterocycles. The molecule has 1 aliphatic heterocycles. The second kappa shape index (κ2) is 8.83. The number of hydrogen-bond acceptors (Lipinski definition) is 4. The van der Waals surface area contributed by atoms with Gasteiger partial charge in [-0.15, -0.1) is 0 Å². The van der Waals surface area contributed by atoms with E-state index in [-0.39, 0.29) is 36.1 Å². The second-order valence-electron chi connectivity index (χ2n) is 10.6. The van der Waals surface area contributed by atoms with Crippen molar-refractivity contribution in [1.82, 2.24) is 20.1 Å². The Labute approximate surface area is 189 Å². The molecule has 172 valence electrons. The number of carbonyl (C=O) groups is 3. The Balaban J connectivity index is 1.04. The number of nitrogens with one attached hydrogen (secondary N) is 1. The van der Waals surface area contributed by atoms with Crippen LogP contribution in [0.15, 0.2) is 24.4 Å². The molecule has 0 radical (unpaired) electrons. The highest BCUT2D eigenvalue weighted by Gasteiger charge is 2.51. The van der Waals surface area contributed by atoms with E-state index in [1.165, 1.54) is 38.5 Å². The molecule has 4 bridgehead atoms. The third-order valence-electron chi connectivity index (χ3n) is 8.18. The minimum atomic E-state index is -0.0549. The molecule has 1 aromatic rings. The quantitative estimate of drug-likeness (QED) is 0.737. The fourth-order valence-corrected chi connectivity index (χ4v) is 7.17. The summed E-state index contributed by atoms with van der Waals surface area (Å²) < 4.78 is 0. The van der Waals surface area contributed by atoms with E-state index in [2.05, 4.69) is 10.3 Å². The van der Waals surface area contributed by atoms with Crippen LogP contribution in [0.3, 0.4) is 0 Å². The highest BCUT2D eigenvalue weighted by molar-refractivity contribution is 5.85. The third kappa shape index (κ3) is 4.66. The lowest BCUT2D eigenvalue weighted by Gasteiger charge is -2.56. The maximum absolute atomic E-state index is 12.7. The fraction of sp³-hybridized carbons (Fsp3) is 0.680. The number of hydrogen-bond donors (Lipinski definition) is 1. The molecule has 32 heavy (non-hydrogen) atoms. The molecule has 0 atom stereocenters. The van der Waals surface area contributed by atoms with Crippen LogP contribution >= 0.6 is 0 Å². The second-order valence-corrected chi connectivity index (χ2v) is 10.6. The molecule has 2 heterocycles. The average molecular weight is 439 g/mol. The van der Waals surface area contributed by atoms with E-state index in [1.807, 2.05) is 18.2 Å². The summed E-state index contributed by atoms with van der Waals surface area (Å²) in [7, 11) is 0. The fourth-order valence-electron chi connectivity index (χ4n) is 7.17. The van der Waals surface area contributed by atoms with E-state index >= 15 is 0 Å². The molecular formula is C25H34N4O3. The van der Waals surface area contributed by atoms with Crippen molar-refractivity contribution in [2.24, 2.45) is 23.2 Å². The lowest BCUT2D eigenvalue weighted by atomic mass is 9.49. The van der Waals surface area contributed by atoms with Crippen LogP contribution in [0.5, 0.6) is 0 Å². The summed E-state index contributed by atoms with van der Waals surface area (Å²) in [6.45, 7) is 2.14. The molecular weight excluding hydrogens is 404 g/mol. The molecule has 1 N–H and O–H groups in total. The van der Waals surface area contributed by atoms with Crippen molar-refractivity contribution in [1.29, 1.82) is 0 Å². The van der Waals surface area contributed by atoms with E-state index in [4.69, 9.17) is 0 Å². The van der Waals surface area contributed by atoms with Gasteiger partial charge in [0.25, 0.3) is 0 Å². The highest BCUT2D eigenvalue weighted by atomic mass is 16.2. The van der Waals surface area contributed by atoms with Gasteiger partial charge in [0.2, 0.25) is 17.7 Å². The maximum Gasteiger partial charge on any atom is 0.242 e. The van der Waals surface area contributed by atoms with Crippen LogP contribution in [0.1, 0.15) is 50.6 Å². The van der Waals surface area contributed by atoms with Crippen LogP contribution in [0.25, 0.3) is 0 Å². The summed E-state index contributed by atoms with van der Waals surface area (Å²) in [6, 6.07) is 5.56. The summed E-state index contributed by atoms with van der Waals surface area (Å²) in [6.07, 6.45) is 10.3. The molecule has 4 saturated carbocycles. The topological polar surface area (TPSA) is 82.6 Å². The van der Waals surface area contributed by atoms with Crippen molar-refractivity contribution in [3.05, 3.63) is 30.1 Å². The zero-order chi connectivity index (χ0) is 22.1. The van der Waals surface area contributed by atoms with E-state index in [1.54, 1.807) is 16.0 Å². The Morgan fingerprint density at radius 2 is 1.50 bits per heavy atom. The Kier molecular flexibility index (Phi) is 5.91. The first kappa shape index (κ1) is 21.4. The summed E-state index contributed by atoms with van der Waals surface area (Å²) in [4.78, 5) is 45.6. The monoisotopic (exact) mass is 438 g/mol. The van der Waals surface area contributed by atoms with Gasteiger partial charge >= 0.3 is 0 Å². The third-order valence-corrected chi connectivity index (χ3v) is 8.18. The number of rotatable bonds is 6. The van der Waals surface area contributed by atoms with Crippen molar-refractivity contribution in [3.63, 3.8) is 0 Å². The Morgan fingerprint density at radius 1 is 0.906 bits per heavy atom. The van der Waals surface area contributed by atoms with Gasteiger partial charge < -0.3 is 15.1 Å². The Hall–Kier alpha value is -2.44. The normalized spacial score (nSPS) is 30.9. The first-order valence-electron chi connectivity index (χ1n) is 12.2. The zero-order valence-electron chi connectivity index (χ0n) is 18.8. The predicted molar refractivity (Wildman–Crippen MR) is 119 cm³/mol. The van der Waals surface area contributed by atoms with Crippen LogP contribution in [-0.2, 0) is 20.8 Å². The average Bonchev–Trinajstić information content (AvgIpc) is 2.77. The molecule has 0 aromatic carbocycles. The van der Waals surface area contributed by atoms with E-state index in [0.717, 1.165) is 23.4 Å². The molecule has 5 fully saturated rings. The standard InChI is InChI=1S/C25H34N4O3/c30-22(16-25-13-18-9-19(14-25)11-20(10-18)15-25)27-17-24(32)29-7-5-28(6-8-29)23(31)12-21-3-1-2-4-26-21/h1-4,18-20H,5-17H2,(H,27,30). The van der Waals surface area contributed by atoms with Gasteiger partial charge in [-0.2, -0.15) is 0 Å². The lowest BCUT2D eigenvalue weighted by Crippen LogP contribution is -2.53. The highest BCUT2D eigenvalue weighted by Crippen LogP contribution is 2.61. The molecule has 7 nitrogen and oxygen atoms in total. The maximum atomic E-state index is 12.7. The van der Waals surface area contributed by atoms with Crippen LogP contribution in [-0.4, -0.2) is 65.2 Å². The molecule has 1 saturated heterocycles. The van der Waals surface area contributed by atoms with Gasteiger partial charge in [-0.1, -0.05) is 6.07 Å². The van der Waals surface area contributed by atoms with E-state index < -0.39 is 0 Å². The van der Waals surface area contributed by atoms with Crippen molar-refractivity contribution in [3.8, 4) is 0 Å². The number of aromatic nitrogens is 1. The summed E-state index contributed by atoms with van der Waals surface area (Å²) in [5.74, 6) is 2.50. The van der Waals surface area contributed by atoms with Crippen LogP contribution < -0.4 is 5.32 Å². The van der Waals surface area contributed by atoms with Crippen LogP contribution in [0.2, 0.25) is 0 Å². The lowest BCUT2D eigenvalue weighted by molar-refractivity contribution is -0.140. The van der Waals surface area contributed by atoms with Crippen molar-refractivity contribution < 1.29 is 14.4 Å². The largest absolute Gasteiger partial charge is 0.347 e. The first-order chi connectivity index (χ1) is 15.5. The molecule has 7 heteroatoms. The predicted octanol–water partition coefficient (Wildman–Crippen LogP) is 2.02. The number of nitrogens with zero attached hydrogens (tertiary/aromatic N) is 3.